The van der Waals surface area contributed by atoms with Gasteiger partial charge in [-0.1, -0.05) is 12.1 Å². The summed E-state index contributed by atoms with van der Waals surface area (Å²) in [7, 11) is 0. The first-order chi connectivity index (χ1) is 8.25. The minimum absolute atomic E-state index is 0.171. The van der Waals surface area contributed by atoms with Gasteiger partial charge in [-0.2, -0.15) is 0 Å². The largest absolute Gasteiger partial charge is 0.392 e. The van der Waals surface area contributed by atoms with Crippen molar-refractivity contribution in [2.45, 2.75) is 24.9 Å². The van der Waals surface area contributed by atoms with E-state index in [0.29, 0.717) is 11.8 Å². The van der Waals surface area contributed by atoms with E-state index in [1.807, 2.05) is 12.1 Å². The van der Waals surface area contributed by atoms with Crippen molar-refractivity contribution in [2.24, 2.45) is 11.8 Å². The summed E-state index contributed by atoms with van der Waals surface area (Å²) in [5, 5.41) is 13.6. The third kappa shape index (κ3) is 1.98. The molecular weight excluding hydrogens is 217 g/mol. The lowest BCUT2D eigenvalue weighted by Crippen LogP contribution is -2.35. The molecule has 1 aromatic carbocycles. The van der Waals surface area contributed by atoms with Crippen molar-refractivity contribution in [3.05, 3.63) is 35.6 Å². The van der Waals surface area contributed by atoms with Gasteiger partial charge in [0.2, 0.25) is 0 Å². The molecular formula is C14H18FNO. The molecule has 1 aliphatic carbocycles. The zero-order valence-corrected chi connectivity index (χ0v) is 9.77. The van der Waals surface area contributed by atoms with Crippen LogP contribution in [0.25, 0.3) is 0 Å². The van der Waals surface area contributed by atoms with E-state index in [1.165, 1.54) is 12.1 Å². The molecule has 1 aromatic rings. The Labute approximate surface area is 101 Å². The molecule has 2 N–H and O–H groups in total. The fourth-order valence-corrected chi connectivity index (χ4v) is 3.49. The van der Waals surface area contributed by atoms with Crippen molar-refractivity contribution >= 4 is 0 Å². The van der Waals surface area contributed by atoms with Crippen molar-refractivity contribution in [3.63, 3.8) is 0 Å². The van der Waals surface area contributed by atoms with Crippen LogP contribution in [-0.4, -0.2) is 24.3 Å². The number of benzene rings is 1. The predicted molar refractivity (Wildman–Crippen MR) is 64.2 cm³/mol. The number of hydrogen-bond acceptors (Lipinski definition) is 2. The van der Waals surface area contributed by atoms with Gasteiger partial charge in [0, 0.05) is 5.92 Å². The average molecular weight is 235 g/mol. The van der Waals surface area contributed by atoms with Gasteiger partial charge in [0.1, 0.15) is 5.82 Å². The Bertz CT molecular complexity index is 392. The first kappa shape index (κ1) is 11.2. The zero-order chi connectivity index (χ0) is 11.8. The second-order valence-electron chi connectivity index (χ2n) is 5.30. The Morgan fingerprint density at radius 2 is 1.88 bits per heavy atom. The molecule has 0 radical (unpaired) electrons. The van der Waals surface area contributed by atoms with Crippen LogP contribution in [0.1, 0.15) is 24.3 Å². The molecule has 2 fully saturated rings. The summed E-state index contributed by atoms with van der Waals surface area (Å²) < 4.78 is 12.9. The molecule has 2 nitrogen and oxygen atoms in total. The highest BCUT2D eigenvalue weighted by Gasteiger charge is 2.41. The summed E-state index contributed by atoms with van der Waals surface area (Å²) in [5.41, 5.74) is 1.08. The van der Waals surface area contributed by atoms with Gasteiger partial charge in [0.15, 0.2) is 0 Å². The van der Waals surface area contributed by atoms with Crippen molar-refractivity contribution in [1.29, 1.82) is 0 Å². The summed E-state index contributed by atoms with van der Waals surface area (Å²) in [6.07, 6.45) is 1.70. The van der Waals surface area contributed by atoms with E-state index in [9.17, 15) is 9.50 Å². The Hall–Kier alpha value is -0.930. The lowest BCUT2D eigenvalue weighted by atomic mass is 9.69. The van der Waals surface area contributed by atoms with Crippen LogP contribution < -0.4 is 5.32 Å². The molecule has 1 saturated heterocycles. The normalized spacial score (nSPS) is 36.8. The van der Waals surface area contributed by atoms with Crippen molar-refractivity contribution in [1.82, 2.24) is 5.32 Å². The molecule has 4 atom stereocenters. The second-order valence-corrected chi connectivity index (χ2v) is 5.30. The molecule has 0 aromatic heterocycles. The fraction of sp³-hybridized carbons (Fsp3) is 0.571. The van der Waals surface area contributed by atoms with Gasteiger partial charge in [0.25, 0.3) is 0 Å². The maximum Gasteiger partial charge on any atom is 0.123 e. The fourth-order valence-electron chi connectivity index (χ4n) is 3.49. The monoisotopic (exact) mass is 235 g/mol. The molecule has 0 unspecified atom stereocenters. The Kier molecular flexibility index (Phi) is 2.89. The van der Waals surface area contributed by atoms with E-state index < -0.39 is 0 Å². The molecule has 17 heavy (non-hydrogen) atoms. The second kappa shape index (κ2) is 4.39. The van der Waals surface area contributed by atoms with Gasteiger partial charge in [-0.3, -0.25) is 0 Å². The minimum Gasteiger partial charge on any atom is -0.392 e. The highest BCUT2D eigenvalue weighted by Crippen LogP contribution is 2.43. The smallest absolute Gasteiger partial charge is 0.123 e. The van der Waals surface area contributed by atoms with Crippen molar-refractivity contribution in [2.75, 3.05) is 13.1 Å². The molecule has 3 heteroatoms. The van der Waals surface area contributed by atoms with Crippen molar-refractivity contribution in [3.8, 4) is 0 Å². The first-order valence-electron chi connectivity index (χ1n) is 6.40. The first-order valence-corrected chi connectivity index (χ1v) is 6.40. The van der Waals surface area contributed by atoms with Gasteiger partial charge >= 0.3 is 0 Å². The molecule has 3 rings (SSSR count). The molecule has 0 amide bonds. The average Bonchev–Trinajstić information content (AvgIpc) is 2.79. The van der Waals surface area contributed by atoms with E-state index in [4.69, 9.17) is 0 Å². The number of fused-ring (bicyclic) bond motifs is 1. The SMILES string of the molecule is O[C@H]1CC[C@H]2CNC[C@H]2[C@@H]1c1ccc(F)cc1. The van der Waals surface area contributed by atoms with E-state index in [0.717, 1.165) is 31.5 Å². The number of nitrogens with one attached hydrogen (secondary N) is 1. The van der Waals surface area contributed by atoms with Gasteiger partial charge in [-0.25, -0.2) is 4.39 Å². The zero-order valence-electron chi connectivity index (χ0n) is 9.77. The Balaban J connectivity index is 1.90. The summed E-state index contributed by atoms with van der Waals surface area (Å²) in [5.74, 6) is 1.14. The van der Waals surface area contributed by atoms with Crippen LogP contribution in [0, 0.1) is 17.7 Å². The molecule has 0 bridgehead atoms. The highest BCUT2D eigenvalue weighted by atomic mass is 19.1. The van der Waals surface area contributed by atoms with Crippen LogP contribution in [0.15, 0.2) is 24.3 Å². The maximum atomic E-state index is 12.9. The number of rotatable bonds is 1. The number of aliphatic hydroxyl groups excluding tert-OH is 1. The van der Waals surface area contributed by atoms with Crippen molar-refractivity contribution < 1.29 is 9.50 Å². The molecule has 1 aliphatic heterocycles. The standard InChI is InChI=1S/C14H18FNO/c15-11-4-1-9(2-5-11)14-12-8-16-7-10(12)3-6-13(14)17/h1-2,4-5,10,12-14,16-17H,3,6-8H2/t10-,12+,13-,14-/m0/s1. The third-order valence-electron chi connectivity index (χ3n) is 4.36. The van der Waals surface area contributed by atoms with Crippen LogP contribution in [0.5, 0.6) is 0 Å². The molecule has 1 heterocycles. The lowest BCUT2D eigenvalue weighted by molar-refractivity contribution is 0.0593. The topological polar surface area (TPSA) is 32.3 Å². The number of hydrogen-bond donors (Lipinski definition) is 2. The van der Waals surface area contributed by atoms with Crippen LogP contribution >= 0.6 is 0 Å². The van der Waals surface area contributed by atoms with Crippen LogP contribution in [-0.2, 0) is 0 Å². The Morgan fingerprint density at radius 1 is 1.12 bits per heavy atom. The highest BCUT2D eigenvalue weighted by molar-refractivity contribution is 5.24. The van der Waals surface area contributed by atoms with E-state index in [1.54, 1.807) is 0 Å². The number of aliphatic hydroxyl groups is 1. The van der Waals surface area contributed by atoms with Crippen LogP contribution in [0.3, 0.4) is 0 Å². The summed E-state index contributed by atoms with van der Waals surface area (Å²) in [4.78, 5) is 0. The molecule has 0 spiro atoms. The van der Waals surface area contributed by atoms with E-state index >= 15 is 0 Å². The Morgan fingerprint density at radius 3 is 2.65 bits per heavy atom. The molecule has 2 aliphatic rings. The van der Waals surface area contributed by atoms with Gasteiger partial charge < -0.3 is 10.4 Å². The van der Waals surface area contributed by atoms with Crippen LogP contribution in [0.4, 0.5) is 4.39 Å². The van der Waals surface area contributed by atoms with E-state index in [-0.39, 0.29) is 17.8 Å². The van der Waals surface area contributed by atoms with Gasteiger partial charge in [-0.05, 0) is 55.5 Å². The molecule has 92 valence electrons. The third-order valence-corrected chi connectivity index (χ3v) is 4.36. The molecule has 1 saturated carbocycles. The summed E-state index contributed by atoms with van der Waals surface area (Å²) in [6.45, 7) is 2.04. The summed E-state index contributed by atoms with van der Waals surface area (Å²) >= 11 is 0. The minimum atomic E-state index is -0.276. The quantitative estimate of drug-likeness (QED) is 0.779. The summed E-state index contributed by atoms with van der Waals surface area (Å²) in [6, 6.07) is 6.63. The number of halogens is 1. The maximum absolute atomic E-state index is 12.9. The van der Waals surface area contributed by atoms with Crippen LogP contribution in [0.2, 0.25) is 0 Å². The van der Waals surface area contributed by atoms with Gasteiger partial charge in [0.05, 0.1) is 6.10 Å². The van der Waals surface area contributed by atoms with E-state index in [2.05, 4.69) is 5.32 Å². The lowest BCUT2D eigenvalue weighted by Gasteiger charge is -2.37. The van der Waals surface area contributed by atoms with Gasteiger partial charge in [-0.15, -0.1) is 0 Å². The predicted octanol–water partition coefficient (Wildman–Crippen LogP) is 1.90.